The van der Waals surface area contributed by atoms with Crippen LogP contribution in [-0.2, 0) is 4.74 Å². The molecule has 0 spiro atoms. The molecule has 1 aliphatic rings. The second-order valence-corrected chi connectivity index (χ2v) is 5.35. The lowest BCUT2D eigenvalue weighted by Crippen LogP contribution is -2.17. The standard InChI is InChI=1S/C12H14N2O2S/c13-9-2-1-3-10-11(9)14-12(16-10)17-8-4-6-15-7-5-8/h1-3,8H,4-7,13H2. The van der Waals surface area contributed by atoms with Crippen LogP contribution in [0.15, 0.2) is 27.8 Å². The number of nitrogens with zero attached hydrogens (tertiary/aromatic N) is 1. The Bertz CT molecular complexity index is 520. The predicted octanol–water partition coefficient (Wildman–Crippen LogP) is 2.68. The van der Waals surface area contributed by atoms with Crippen LogP contribution in [0.25, 0.3) is 11.1 Å². The highest BCUT2D eigenvalue weighted by molar-refractivity contribution is 7.99. The van der Waals surface area contributed by atoms with Crippen LogP contribution in [0.5, 0.6) is 0 Å². The van der Waals surface area contributed by atoms with Crippen LogP contribution in [0.1, 0.15) is 12.8 Å². The molecule has 1 aliphatic heterocycles. The minimum Gasteiger partial charge on any atom is -0.431 e. The SMILES string of the molecule is Nc1cccc2oc(SC3CCOCC3)nc12. The van der Waals surface area contributed by atoms with Crippen LogP contribution in [0, 0.1) is 0 Å². The van der Waals surface area contributed by atoms with Crippen LogP contribution in [0.4, 0.5) is 5.69 Å². The van der Waals surface area contributed by atoms with Crippen LogP contribution in [0.3, 0.4) is 0 Å². The highest BCUT2D eigenvalue weighted by Gasteiger charge is 2.18. The predicted molar refractivity (Wildman–Crippen MR) is 68.1 cm³/mol. The maximum atomic E-state index is 5.85. The van der Waals surface area contributed by atoms with E-state index in [4.69, 9.17) is 14.9 Å². The largest absolute Gasteiger partial charge is 0.431 e. The second kappa shape index (κ2) is 4.58. The van der Waals surface area contributed by atoms with Gasteiger partial charge in [0.05, 0.1) is 5.69 Å². The van der Waals surface area contributed by atoms with Crippen molar-refractivity contribution in [1.82, 2.24) is 4.98 Å². The van der Waals surface area contributed by atoms with Crippen molar-refractivity contribution in [2.75, 3.05) is 18.9 Å². The van der Waals surface area contributed by atoms with Crippen molar-refractivity contribution in [3.05, 3.63) is 18.2 Å². The molecule has 0 atom stereocenters. The quantitative estimate of drug-likeness (QED) is 0.830. The third-order valence-corrected chi connectivity index (χ3v) is 4.05. The number of anilines is 1. The molecule has 0 bridgehead atoms. The van der Waals surface area contributed by atoms with Gasteiger partial charge in [-0.15, -0.1) is 0 Å². The number of aromatic nitrogens is 1. The zero-order valence-electron chi connectivity index (χ0n) is 9.39. The molecule has 1 aromatic carbocycles. The maximum Gasteiger partial charge on any atom is 0.257 e. The second-order valence-electron chi connectivity index (χ2n) is 4.10. The van der Waals surface area contributed by atoms with Crippen molar-refractivity contribution in [2.45, 2.75) is 23.3 Å². The highest BCUT2D eigenvalue weighted by Crippen LogP contribution is 2.32. The van der Waals surface area contributed by atoms with Gasteiger partial charge in [-0.1, -0.05) is 17.8 Å². The first-order chi connectivity index (χ1) is 8.33. The summed E-state index contributed by atoms with van der Waals surface area (Å²) in [6, 6.07) is 5.62. The number of nitrogens with two attached hydrogens (primary N) is 1. The summed E-state index contributed by atoms with van der Waals surface area (Å²) in [7, 11) is 0. The van der Waals surface area contributed by atoms with Crippen LogP contribution in [-0.4, -0.2) is 23.4 Å². The Labute approximate surface area is 104 Å². The monoisotopic (exact) mass is 250 g/mol. The fourth-order valence-electron chi connectivity index (χ4n) is 1.94. The molecule has 2 heterocycles. The number of nitrogen functional groups attached to an aromatic ring is 1. The number of thioether (sulfide) groups is 1. The van der Waals surface area contributed by atoms with Gasteiger partial charge in [0.2, 0.25) is 0 Å². The van der Waals surface area contributed by atoms with E-state index in [1.165, 1.54) is 0 Å². The summed E-state index contributed by atoms with van der Waals surface area (Å²) in [5, 5.41) is 1.25. The Kier molecular flexibility index (Phi) is 2.94. The molecule has 0 radical (unpaired) electrons. The van der Waals surface area contributed by atoms with Gasteiger partial charge in [-0.25, -0.2) is 4.98 Å². The summed E-state index contributed by atoms with van der Waals surface area (Å²) in [6.45, 7) is 1.67. The van der Waals surface area contributed by atoms with Crippen LogP contribution < -0.4 is 5.73 Å². The van der Waals surface area contributed by atoms with Gasteiger partial charge in [0, 0.05) is 18.5 Å². The van der Waals surface area contributed by atoms with Crippen LogP contribution in [0.2, 0.25) is 0 Å². The molecule has 1 fully saturated rings. The van der Waals surface area contributed by atoms with Gasteiger partial charge in [-0.2, -0.15) is 0 Å². The molecule has 1 aromatic heterocycles. The van der Waals surface area contributed by atoms with Gasteiger partial charge >= 0.3 is 0 Å². The normalized spacial score (nSPS) is 17.6. The fraction of sp³-hybridized carbons (Fsp3) is 0.417. The number of oxazole rings is 1. The van der Waals surface area contributed by atoms with Crippen molar-refractivity contribution in [3.8, 4) is 0 Å². The molecule has 2 aromatic rings. The van der Waals surface area contributed by atoms with E-state index in [0.29, 0.717) is 16.2 Å². The van der Waals surface area contributed by atoms with Crippen molar-refractivity contribution < 1.29 is 9.15 Å². The molecule has 90 valence electrons. The summed E-state index contributed by atoms with van der Waals surface area (Å²) >= 11 is 1.69. The van der Waals surface area contributed by atoms with E-state index in [-0.39, 0.29) is 0 Å². The number of para-hydroxylation sites is 1. The minimum atomic E-state index is 0.540. The average Bonchev–Trinajstić information content (AvgIpc) is 2.74. The van der Waals surface area contributed by atoms with Gasteiger partial charge in [-0.3, -0.25) is 0 Å². The summed E-state index contributed by atoms with van der Waals surface area (Å²) in [6.07, 6.45) is 2.11. The third kappa shape index (κ3) is 2.25. The molecule has 4 nitrogen and oxygen atoms in total. The van der Waals surface area contributed by atoms with Gasteiger partial charge in [0.1, 0.15) is 5.52 Å². The number of fused-ring (bicyclic) bond motifs is 1. The molecule has 2 N–H and O–H groups in total. The lowest BCUT2D eigenvalue weighted by atomic mass is 10.2. The van der Waals surface area contributed by atoms with Gasteiger partial charge in [0.25, 0.3) is 5.22 Å². The molecule has 17 heavy (non-hydrogen) atoms. The third-order valence-electron chi connectivity index (χ3n) is 2.87. The lowest BCUT2D eigenvalue weighted by molar-refractivity contribution is 0.0998. The molecule has 3 rings (SSSR count). The molecule has 1 saturated heterocycles. The number of ether oxygens (including phenoxy) is 1. The molecule has 0 aliphatic carbocycles. The van der Waals surface area contributed by atoms with Crippen molar-refractivity contribution in [1.29, 1.82) is 0 Å². The van der Waals surface area contributed by atoms with E-state index < -0.39 is 0 Å². The van der Waals surface area contributed by atoms with Gasteiger partial charge in [-0.05, 0) is 25.0 Å². The Hall–Kier alpha value is -1.20. The lowest BCUT2D eigenvalue weighted by Gasteiger charge is -2.19. The Morgan fingerprint density at radius 1 is 1.29 bits per heavy atom. The zero-order valence-corrected chi connectivity index (χ0v) is 10.2. The Morgan fingerprint density at radius 2 is 2.12 bits per heavy atom. The molecule has 0 saturated carbocycles. The Morgan fingerprint density at radius 3 is 2.88 bits per heavy atom. The van der Waals surface area contributed by atoms with E-state index in [2.05, 4.69) is 4.98 Å². The first kappa shape index (κ1) is 10.9. The van der Waals surface area contributed by atoms with E-state index >= 15 is 0 Å². The summed E-state index contributed by atoms with van der Waals surface area (Å²) in [5.41, 5.74) is 8.05. The minimum absolute atomic E-state index is 0.540. The van der Waals surface area contributed by atoms with Crippen molar-refractivity contribution in [2.24, 2.45) is 0 Å². The summed E-state index contributed by atoms with van der Waals surface area (Å²) in [5.74, 6) is 0. The first-order valence-electron chi connectivity index (χ1n) is 5.72. The topological polar surface area (TPSA) is 61.3 Å². The summed E-state index contributed by atoms with van der Waals surface area (Å²) < 4.78 is 11.0. The van der Waals surface area contributed by atoms with Crippen molar-refractivity contribution in [3.63, 3.8) is 0 Å². The molecular weight excluding hydrogens is 236 g/mol. The number of hydrogen-bond acceptors (Lipinski definition) is 5. The van der Waals surface area contributed by atoms with E-state index in [9.17, 15) is 0 Å². The van der Waals surface area contributed by atoms with E-state index in [1.807, 2.05) is 18.2 Å². The summed E-state index contributed by atoms with van der Waals surface area (Å²) in [4.78, 5) is 4.44. The van der Waals surface area contributed by atoms with Crippen LogP contribution >= 0.6 is 11.8 Å². The smallest absolute Gasteiger partial charge is 0.257 e. The number of rotatable bonds is 2. The van der Waals surface area contributed by atoms with Gasteiger partial charge < -0.3 is 14.9 Å². The molecular formula is C12H14N2O2S. The first-order valence-corrected chi connectivity index (χ1v) is 6.60. The maximum absolute atomic E-state index is 5.85. The van der Waals surface area contributed by atoms with E-state index in [1.54, 1.807) is 11.8 Å². The average molecular weight is 250 g/mol. The number of benzene rings is 1. The zero-order chi connectivity index (χ0) is 11.7. The van der Waals surface area contributed by atoms with Crippen molar-refractivity contribution >= 4 is 28.5 Å². The van der Waals surface area contributed by atoms with Gasteiger partial charge in [0.15, 0.2) is 5.58 Å². The Balaban J connectivity index is 1.83. The molecule has 0 unspecified atom stereocenters. The fourth-order valence-corrected chi connectivity index (χ4v) is 2.93. The molecule has 0 amide bonds. The number of hydrogen-bond donors (Lipinski definition) is 1. The van der Waals surface area contributed by atoms with E-state index in [0.717, 1.165) is 37.2 Å². The highest BCUT2D eigenvalue weighted by atomic mass is 32.2. The molecule has 5 heteroatoms.